The van der Waals surface area contributed by atoms with Gasteiger partial charge in [-0.05, 0) is 75.7 Å². The monoisotopic (exact) mass is 431 g/mol. The maximum absolute atomic E-state index is 8.87. The maximum Gasteiger partial charge on any atom is 0.640 e. The zero-order chi connectivity index (χ0) is 19.8. The van der Waals surface area contributed by atoms with E-state index in [1.807, 2.05) is 45.9 Å². The van der Waals surface area contributed by atoms with E-state index in [0.717, 1.165) is 10.0 Å². The molecule has 2 aromatic carbocycles. The van der Waals surface area contributed by atoms with E-state index in [4.69, 9.17) is 24.0 Å². The van der Waals surface area contributed by atoms with Crippen LogP contribution in [0.25, 0.3) is 0 Å². The molecule has 2 rings (SSSR count). The molecule has 0 saturated carbocycles. The van der Waals surface area contributed by atoms with Gasteiger partial charge in [0.2, 0.25) is 0 Å². The van der Waals surface area contributed by atoms with Crippen LogP contribution in [-0.2, 0) is 20.6 Å². The quantitative estimate of drug-likeness (QED) is 0.493. The molecule has 27 heavy (non-hydrogen) atoms. The van der Waals surface area contributed by atoms with Crippen molar-refractivity contribution in [3.05, 3.63) is 58.1 Å². The normalized spacial score (nSPS) is 10.9. The summed E-state index contributed by atoms with van der Waals surface area (Å²) in [4.78, 5) is 0. The van der Waals surface area contributed by atoms with E-state index in [2.05, 4.69) is 22.0 Å². The third kappa shape index (κ3) is 7.35. The second-order valence-electron chi connectivity index (χ2n) is 6.46. The number of nitrogens with zero attached hydrogens (tertiary/aromatic N) is 1. The average molecular weight is 432 g/mol. The van der Waals surface area contributed by atoms with Gasteiger partial charge in [-0.2, -0.15) is 5.26 Å². The van der Waals surface area contributed by atoms with E-state index in [9.17, 15) is 0 Å². The Morgan fingerprint density at radius 1 is 0.963 bits per heavy atom. The molecule has 0 atom stereocenters. The maximum atomic E-state index is 8.87. The highest BCUT2D eigenvalue weighted by Crippen LogP contribution is 2.27. The summed E-state index contributed by atoms with van der Waals surface area (Å²) in [5.74, 6) is 1.33. The Hall–Kier alpha value is -1.85. The van der Waals surface area contributed by atoms with E-state index in [0.29, 0.717) is 23.7 Å². The van der Waals surface area contributed by atoms with Crippen molar-refractivity contribution in [2.24, 2.45) is 0 Å². The second-order valence-corrected chi connectivity index (χ2v) is 7.32. The molecule has 2 aromatic rings. The second kappa shape index (κ2) is 10.5. The van der Waals surface area contributed by atoms with Gasteiger partial charge in [-0.3, -0.25) is 0 Å². The summed E-state index contributed by atoms with van der Waals surface area (Å²) in [6, 6.07) is 14.7. The van der Waals surface area contributed by atoms with Crippen molar-refractivity contribution < 1.29 is 18.7 Å². The summed E-state index contributed by atoms with van der Waals surface area (Å²) in [5.41, 5.74) is 1.50. The summed E-state index contributed by atoms with van der Waals surface area (Å²) in [6.45, 7) is 8.03. The van der Waals surface area contributed by atoms with Gasteiger partial charge >= 0.3 is 7.32 Å². The highest BCUT2D eigenvalue weighted by Gasteiger charge is 2.25. The molecular formula is C20H23BBrNO4. The zero-order valence-electron chi connectivity index (χ0n) is 15.9. The van der Waals surface area contributed by atoms with Crippen LogP contribution in [-0.4, -0.2) is 19.5 Å². The Bertz CT molecular complexity index is 765. The Labute approximate surface area is 169 Å². The van der Waals surface area contributed by atoms with E-state index < -0.39 is 7.32 Å². The smallest absolute Gasteiger partial charge is 0.457 e. The van der Waals surface area contributed by atoms with E-state index >= 15 is 0 Å². The molecule has 0 saturated heterocycles. The van der Waals surface area contributed by atoms with Crippen molar-refractivity contribution in [2.45, 2.75) is 46.5 Å². The van der Waals surface area contributed by atoms with Crippen molar-refractivity contribution in [1.29, 1.82) is 5.26 Å². The highest BCUT2D eigenvalue weighted by atomic mass is 79.9. The van der Waals surface area contributed by atoms with Crippen LogP contribution in [0.4, 0.5) is 0 Å². The van der Waals surface area contributed by atoms with E-state index in [1.165, 1.54) is 0 Å². The summed E-state index contributed by atoms with van der Waals surface area (Å²) in [5, 5.41) is 8.87. The van der Waals surface area contributed by atoms with Crippen molar-refractivity contribution >= 4 is 23.3 Å². The number of halogens is 1. The summed E-state index contributed by atoms with van der Waals surface area (Å²) < 4.78 is 23.9. The third-order valence-corrected chi connectivity index (χ3v) is 4.15. The Balaban J connectivity index is 2.05. The highest BCUT2D eigenvalue weighted by molar-refractivity contribution is 9.10. The number of benzene rings is 2. The van der Waals surface area contributed by atoms with Gasteiger partial charge in [-0.25, -0.2) is 0 Å². The number of hydrogen-bond acceptors (Lipinski definition) is 5. The van der Waals surface area contributed by atoms with E-state index in [-0.39, 0.29) is 12.2 Å². The fourth-order valence-corrected chi connectivity index (χ4v) is 2.53. The van der Waals surface area contributed by atoms with Gasteiger partial charge < -0.3 is 18.7 Å². The van der Waals surface area contributed by atoms with Crippen LogP contribution in [0.3, 0.4) is 0 Å². The van der Waals surface area contributed by atoms with Crippen LogP contribution in [0.5, 0.6) is 11.5 Å². The average Bonchev–Trinajstić information content (AvgIpc) is 2.61. The minimum atomic E-state index is -0.736. The molecular weight excluding hydrogens is 409 g/mol. The summed E-state index contributed by atoms with van der Waals surface area (Å²) in [6.07, 6.45) is -0.0218. The Kier molecular flexibility index (Phi) is 8.33. The van der Waals surface area contributed by atoms with Gasteiger partial charge in [0.05, 0.1) is 18.2 Å². The first-order valence-corrected chi connectivity index (χ1v) is 9.55. The molecule has 0 N–H and O–H groups in total. The number of nitriles is 1. The summed E-state index contributed by atoms with van der Waals surface area (Å²) in [7, 11) is -0.736. The lowest BCUT2D eigenvalue weighted by Gasteiger charge is -2.19. The number of hydrogen-bond donors (Lipinski definition) is 0. The first-order valence-electron chi connectivity index (χ1n) is 8.76. The molecule has 5 nitrogen and oxygen atoms in total. The van der Waals surface area contributed by atoms with Crippen molar-refractivity contribution in [3.63, 3.8) is 0 Å². The lowest BCUT2D eigenvalue weighted by atomic mass is 10.1. The van der Waals surface area contributed by atoms with Crippen LogP contribution in [0.1, 0.15) is 38.8 Å². The predicted octanol–water partition coefficient (Wildman–Crippen LogP) is 5.46. The molecule has 0 bridgehead atoms. The largest absolute Gasteiger partial charge is 0.640 e. The van der Waals surface area contributed by atoms with Crippen LogP contribution in [0, 0.1) is 11.3 Å². The van der Waals surface area contributed by atoms with Gasteiger partial charge in [0.1, 0.15) is 11.5 Å². The van der Waals surface area contributed by atoms with Gasteiger partial charge in [-0.15, -0.1) is 0 Å². The fraction of sp³-hybridized carbons (Fsp3) is 0.350. The molecule has 0 aliphatic carbocycles. The minimum absolute atomic E-state index is 0.0109. The Morgan fingerprint density at radius 2 is 1.56 bits per heavy atom. The van der Waals surface area contributed by atoms with Gasteiger partial charge in [0.25, 0.3) is 0 Å². The molecule has 142 valence electrons. The first-order chi connectivity index (χ1) is 12.9. The van der Waals surface area contributed by atoms with Crippen molar-refractivity contribution in [1.82, 2.24) is 0 Å². The molecule has 0 aliphatic heterocycles. The zero-order valence-corrected chi connectivity index (χ0v) is 17.5. The van der Waals surface area contributed by atoms with Crippen LogP contribution >= 0.6 is 15.9 Å². The summed E-state index contributed by atoms with van der Waals surface area (Å²) >= 11 is 3.53. The minimum Gasteiger partial charge on any atom is -0.457 e. The Morgan fingerprint density at radius 3 is 2.11 bits per heavy atom. The molecule has 0 amide bonds. The van der Waals surface area contributed by atoms with Gasteiger partial charge in [0.15, 0.2) is 0 Å². The topological polar surface area (TPSA) is 60.7 Å². The fourth-order valence-electron chi connectivity index (χ4n) is 2.17. The lowest BCUT2D eigenvalue weighted by Crippen LogP contribution is -2.32. The SMILES string of the molecule is CC(C)OB(OCc1cc(Oc2ccc(C#N)cc2)ccc1Br)OC(C)C. The molecule has 0 spiro atoms. The molecule has 0 radical (unpaired) electrons. The molecule has 0 aliphatic rings. The van der Waals surface area contributed by atoms with Crippen molar-refractivity contribution in [2.75, 3.05) is 0 Å². The van der Waals surface area contributed by atoms with Crippen LogP contribution in [0.15, 0.2) is 46.9 Å². The molecule has 7 heteroatoms. The lowest BCUT2D eigenvalue weighted by molar-refractivity contribution is 0.0459. The number of ether oxygens (including phenoxy) is 1. The molecule has 0 heterocycles. The number of rotatable bonds is 9. The molecule has 0 aromatic heterocycles. The molecule has 0 fully saturated rings. The van der Waals surface area contributed by atoms with Gasteiger partial charge in [-0.1, -0.05) is 15.9 Å². The standard InChI is InChI=1S/C20H23BBrNO4/c1-14(2)26-21(27-15(3)4)24-13-17-11-19(9-10-20(17)22)25-18-7-5-16(12-23)6-8-18/h5-11,14-15H,13H2,1-4H3. The first kappa shape index (κ1) is 21.5. The van der Waals surface area contributed by atoms with Gasteiger partial charge in [0, 0.05) is 16.7 Å². The molecule has 0 unspecified atom stereocenters. The predicted molar refractivity (Wildman–Crippen MR) is 108 cm³/mol. The third-order valence-electron chi connectivity index (χ3n) is 3.38. The van der Waals surface area contributed by atoms with Crippen LogP contribution < -0.4 is 4.74 Å². The van der Waals surface area contributed by atoms with Crippen molar-refractivity contribution in [3.8, 4) is 17.6 Å². The van der Waals surface area contributed by atoms with Crippen LogP contribution in [0.2, 0.25) is 0 Å². The van der Waals surface area contributed by atoms with E-state index in [1.54, 1.807) is 24.3 Å².